The van der Waals surface area contributed by atoms with Crippen LogP contribution in [-0.4, -0.2) is 202 Å². The number of likely N-dealkylation sites (N-methyl/N-ethyl adjacent to an activating group) is 1. The van der Waals surface area contributed by atoms with Crippen LogP contribution < -0.4 is 26.0 Å². The zero-order valence-electron chi connectivity index (χ0n) is 48.5. The number of thiazole rings is 1. The number of phenolic OH excluding ortho intramolecular Hbond substituents is 1. The molecule has 1 aromatic heterocycles. The first-order valence-corrected chi connectivity index (χ1v) is 30.2. The second-order valence-electron chi connectivity index (χ2n) is 20.8. The van der Waals surface area contributed by atoms with Crippen LogP contribution in [0.4, 0.5) is 4.79 Å². The summed E-state index contributed by atoms with van der Waals surface area (Å²) in [6, 6.07) is 5.52. The van der Waals surface area contributed by atoms with Gasteiger partial charge in [0.15, 0.2) is 17.6 Å². The highest BCUT2D eigenvalue weighted by atomic mass is 32.2. The number of hydrogen-bond acceptors (Lipinski definition) is 20. The minimum absolute atomic E-state index is 0.0190. The number of carbonyl (C=O) groups excluding carboxylic acids is 9. The van der Waals surface area contributed by atoms with Crippen molar-refractivity contribution in [2.75, 3.05) is 77.4 Å². The molecule has 25 nitrogen and oxygen atoms in total. The third kappa shape index (κ3) is 20.3. The average Bonchev–Trinajstić information content (AvgIpc) is 4.06. The molecular weight excluding hydrogens is 1160 g/mol. The van der Waals surface area contributed by atoms with Crippen LogP contribution in [0.1, 0.15) is 77.8 Å². The summed E-state index contributed by atoms with van der Waals surface area (Å²) in [5.74, 6) is -6.08. The van der Waals surface area contributed by atoms with Crippen molar-refractivity contribution in [3.05, 3.63) is 75.3 Å². The van der Waals surface area contributed by atoms with Gasteiger partial charge < -0.3 is 60.6 Å². The highest BCUT2D eigenvalue weighted by Crippen LogP contribution is 2.39. The number of allylic oxidation sites excluding steroid dienone is 4. The van der Waals surface area contributed by atoms with E-state index in [2.05, 4.69) is 31.2 Å². The van der Waals surface area contributed by atoms with Crippen molar-refractivity contribution in [2.45, 2.75) is 97.8 Å². The quantitative estimate of drug-likeness (QED) is 0.0339. The largest absolute Gasteiger partial charge is 0.508 e. The van der Waals surface area contributed by atoms with Crippen LogP contribution in [0.25, 0.3) is 10.2 Å². The zero-order valence-corrected chi connectivity index (χ0v) is 51.0. The third-order valence-corrected chi connectivity index (χ3v) is 16.5. The first kappa shape index (κ1) is 68.3. The number of aliphatic imine (C=N–C) groups is 1. The van der Waals surface area contributed by atoms with Crippen LogP contribution in [0.2, 0.25) is 0 Å². The summed E-state index contributed by atoms with van der Waals surface area (Å²) in [6.45, 7) is 8.90. The molecule has 5 rings (SSSR count). The van der Waals surface area contributed by atoms with Crippen molar-refractivity contribution in [3.63, 3.8) is 0 Å². The number of nitrogens with one attached hydrogen (secondary N) is 4. The SMILES string of the molecule is CSCC[C@@H](NC(=O)[C@@H](Cc1ccc(O)cc1)NC(=O)[C@@H](CC(=O)O)NC(=O)CCOCCOCCN(CCN(C)C(=O)CC(C)(C)C1=C(C)C(=O)C(C)=C(C)C1=O)C(=O)Oc1ccc2nc(C3=NC(C(=O)O)CS3)sc2c1)C(=O)NCC(C)=O. The summed E-state index contributed by atoms with van der Waals surface area (Å²) in [6.07, 6.45) is -0.294. The molecule has 460 valence electrons. The molecule has 0 saturated heterocycles. The number of aliphatic carboxylic acids is 2. The number of Topliss-reactive ketones (excluding diaryl/α,β-unsaturated/α-hetero) is 3. The fraction of sp³-hybridized carbons (Fsp3) is 0.491. The van der Waals surface area contributed by atoms with Crippen LogP contribution in [0.15, 0.2) is 69.7 Å². The molecule has 1 unspecified atom stereocenters. The number of fused-ring (bicyclic) bond motifs is 1. The van der Waals surface area contributed by atoms with Crippen molar-refractivity contribution in [1.29, 1.82) is 0 Å². The number of carbonyl (C=O) groups is 11. The lowest BCUT2D eigenvalue weighted by molar-refractivity contribution is -0.141. The molecule has 0 spiro atoms. The standard InChI is InChI=1S/C57H72N8O17S3/c1-31(66)29-58-50(74)39(16-24-83-8)60-51(75)40(25-35-9-11-36(67)12-10-35)61-52(76)41(27-46(70)71)59-44(68)15-20-80-22-23-81-21-19-65(18-17-64(7)45(69)28-57(5,6)47-34(4)48(72)32(2)33(3)49(47)73)56(79)82-37-13-14-38-43(26-37)85-54(62-38)53-63-42(30-84-53)55(77)78/h9-14,26,39-42,67H,15-25,27-30H2,1-8H3,(H,58,74)(H,59,68)(H,60,75)(H,61,76)(H,70,71)(H,77,78)/t39-,40-,41-,42?/m1/s1. The van der Waals surface area contributed by atoms with Crippen molar-refractivity contribution in [1.82, 2.24) is 36.1 Å². The number of carboxylic acid groups (broad SMARTS) is 2. The predicted molar refractivity (Wildman–Crippen MR) is 318 cm³/mol. The van der Waals surface area contributed by atoms with Gasteiger partial charge in [0, 0.05) is 85.5 Å². The van der Waals surface area contributed by atoms with E-state index in [0.29, 0.717) is 42.7 Å². The Kier molecular flexibility index (Phi) is 25.8. The molecule has 28 heteroatoms. The molecule has 0 fully saturated rings. The van der Waals surface area contributed by atoms with Crippen molar-refractivity contribution >= 4 is 115 Å². The van der Waals surface area contributed by atoms with Gasteiger partial charge in [-0.05, 0) is 76.0 Å². The Morgan fingerprint density at radius 2 is 1.47 bits per heavy atom. The first-order valence-electron chi connectivity index (χ1n) is 27.0. The second kappa shape index (κ2) is 32.1. The second-order valence-corrected chi connectivity index (χ2v) is 23.8. The van der Waals surface area contributed by atoms with E-state index in [1.54, 1.807) is 66.1 Å². The van der Waals surface area contributed by atoms with Gasteiger partial charge in [-0.1, -0.05) is 26.0 Å². The van der Waals surface area contributed by atoms with Gasteiger partial charge in [0.25, 0.3) is 0 Å². The molecule has 2 heterocycles. The Bertz CT molecular complexity index is 3120. The van der Waals surface area contributed by atoms with Crippen LogP contribution >= 0.6 is 34.9 Å². The Labute approximate surface area is 503 Å². The number of thioether (sulfide) groups is 2. The third-order valence-electron chi connectivity index (χ3n) is 13.7. The molecule has 0 radical (unpaired) electrons. The zero-order chi connectivity index (χ0) is 62.7. The van der Waals surface area contributed by atoms with Crippen molar-refractivity contribution in [3.8, 4) is 11.5 Å². The number of rotatable bonds is 33. The van der Waals surface area contributed by atoms with Gasteiger partial charge in [-0.15, -0.1) is 23.1 Å². The van der Waals surface area contributed by atoms with E-state index >= 15 is 0 Å². The molecule has 1 aliphatic heterocycles. The average molecular weight is 1240 g/mol. The van der Waals surface area contributed by atoms with E-state index in [0.717, 1.165) is 0 Å². The number of hydrogen-bond donors (Lipinski definition) is 7. The van der Waals surface area contributed by atoms with Crippen molar-refractivity contribution < 1.29 is 82.3 Å². The molecule has 6 amide bonds. The lowest BCUT2D eigenvalue weighted by Gasteiger charge is -2.33. The molecule has 4 atom stereocenters. The van der Waals surface area contributed by atoms with Gasteiger partial charge >= 0.3 is 18.0 Å². The van der Waals surface area contributed by atoms with Gasteiger partial charge in [0.1, 0.15) is 45.5 Å². The summed E-state index contributed by atoms with van der Waals surface area (Å²) in [5.41, 5.74) is 1.30. The minimum atomic E-state index is -1.66. The summed E-state index contributed by atoms with van der Waals surface area (Å²) < 4.78 is 17.8. The highest BCUT2D eigenvalue weighted by Gasteiger charge is 2.39. The molecule has 1 aliphatic carbocycles. The lowest BCUT2D eigenvalue weighted by Crippen LogP contribution is -2.57. The fourth-order valence-electron chi connectivity index (χ4n) is 8.81. The summed E-state index contributed by atoms with van der Waals surface area (Å²) in [5, 5.41) is 39.9. The number of phenols is 1. The first-order chi connectivity index (χ1) is 40.2. The molecule has 7 N–H and O–H groups in total. The van der Waals surface area contributed by atoms with Gasteiger partial charge in [0.2, 0.25) is 29.5 Å². The Morgan fingerprint density at radius 1 is 0.812 bits per heavy atom. The number of benzene rings is 2. The van der Waals surface area contributed by atoms with E-state index in [1.165, 1.54) is 75.8 Å². The number of nitrogens with zero attached hydrogens (tertiary/aromatic N) is 4. The van der Waals surface area contributed by atoms with E-state index in [1.807, 2.05) is 0 Å². The fourth-order valence-corrected chi connectivity index (χ4v) is 11.4. The maximum Gasteiger partial charge on any atom is 0.415 e. The molecule has 3 aromatic rings. The molecule has 0 saturated carbocycles. The summed E-state index contributed by atoms with van der Waals surface area (Å²) >= 11 is 3.95. The monoisotopic (exact) mass is 1240 g/mol. The molecule has 2 aliphatic rings. The highest BCUT2D eigenvalue weighted by molar-refractivity contribution is 8.15. The summed E-state index contributed by atoms with van der Waals surface area (Å²) in [4.78, 5) is 154. The van der Waals surface area contributed by atoms with E-state index in [4.69, 9.17) is 14.2 Å². The van der Waals surface area contributed by atoms with Crippen molar-refractivity contribution in [2.24, 2.45) is 10.4 Å². The maximum absolute atomic E-state index is 13.9. The predicted octanol–water partition coefficient (Wildman–Crippen LogP) is 3.48. The minimum Gasteiger partial charge on any atom is -0.508 e. The van der Waals surface area contributed by atoms with Crippen LogP contribution in [0, 0.1) is 5.41 Å². The Morgan fingerprint density at radius 3 is 2.12 bits per heavy atom. The van der Waals surface area contributed by atoms with Crippen LogP contribution in [0.5, 0.6) is 11.5 Å². The van der Waals surface area contributed by atoms with Gasteiger partial charge in [0.05, 0.1) is 49.6 Å². The van der Waals surface area contributed by atoms with Crippen LogP contribution in [0.3, 0.4) is 0 Å². The molecular formula is C57H72N8O17S3. The molecule has 0 bridgehead atoms. The number of ether oxygens (including phenoxy) is 3. The molecule has 2 aromatic carbocycles. The van der Waals surface area contributed by atoms with Gasteiger partial charge in [-0.3, -0.25) is 48.1 Å². The normalized spacial score (nSPS) is 15.4. The van der Waals surface area contributed by atoms with E-state index < -0.39 is 77.7 Å². The number of aromatic hydroxyl groups is 1. The maximum atomic E-state index is 13.9. The summed E-state index contributed by atoms with van der Waals surface area (Å²) in [7, 11) is 1.55. The Balaban J connectivity index is 1.18. The van der Waals surface area contributed by atoms with Gasteiger partial charge in [-0.25, -0.2) is 14.6 Å². The number of carboxylic acids is 2. The Hall–Kier alpha value is -7.53. The van der Waals surface area contributed by atoms with Crippen LogP contribution in [-0.2, 0) is 63.8 Å². The number of amides is 6. The smallest absolute Gasteiger partial charge is 0.415 e. The van der Waals surface area contributed by atoms with E-state index in [9.17, 15) is 68.1 Å². The number of ketones is 3. The lowest BCUT2D eigenvalue weighted by atomic mass is 9.71. The van der Waals surface area contributed by atoms with E-state index in [-0.39, 0.29) is 130 Å². The van der Waals surface area contributed by atoms with Gasteiger partial charge in [-0.2, -0.15) is 11.8 Å². The topological polar surface area (TPSA) is 356 Å². The number of aromatic nitrogens is 1. The molecule has 85 heavy (non-hydrogen) atoms.